The second kappa shape index (κ2) is 6.11. The second-order valence-electron chi connectivity index (χ2n) is 4.41. The molecule has 0 N–H and O–H groups in total. The van der Waals surface area contributed by atoms with E-state index in [-0.39, 0.29) is 12.0 Å². The Kier molecular flexibility index (Phi) is 5.09. The third kappa shape index (κ3) is 3.49. The van der Waals surface area contributed by atoms with E-state index in [0.717, 1.165) is 18.9 Å². The molecule has 0 aromatic rings. The van der Waals surface area contributed by atoms with Crippen LogP contribution in [0.3, 0.4) is 0 Å². The first-order chi connectivity index (χ1) is 7.19. The van der Waals surface area contributed by atoms with Gasteiger partial charge in [-0.05, 0) is 39.2 Å². The fraction of sp³-hybridized carbons (Fsp3) is 0.917. The number of hydrogen-bond donors (Lipinski definition) is 0. The zero-order valence-electron chi connectivity index (χ0n) is 10.2. The summed E-state index contributed by atoms with van der Waals surface area (Å²) in [6.07, 6.45) is 4.84. The molecule has 0 radical (unpaired) electrons. The minimum absolute atomic E-state index is 0.0504. The molecular formula is C12H23NO2. The zero-order chi connectivity index (χ0) is 11.3. The van der Waals surface area contributed by atoms with Gasteiger partial charge < -0.3 is 4.74 Å². The van der Waals surface area contributed by atoms with E-state index >= 15 is 0 Å². The summed E-state index contributed by atoms with van der Waals surface area (Å²) in [5.41, 5.74) is 0. The molecule has 1 aliphatic carbocycles. The maximum atomic E-state index is 11.6. The van der Waals surface area contributed by atoms with Gasteiger partial charge in [0, 0.05) is 6.54 Å². The van der Waals surface area contributed by atoms with Crippen molar-refractivity contribution in [3.8, 4) is 0 Å². The highest BCUT2D eigenvalue weighted by Gasteiger charge is 2.26. The molecule has 3 heteroatoms. The summed E-state index contributed by atoms with van der Waals surface area (Å²) < 4.78 is 5.07. The average molecular weight is 213 g/mol. The lowest BCUT2D eigenvalue weighted by Crippen LogP contribution is -2.42. The van der Waals surface area contributed by atoms with Crippen LogP contribution in [0.25, 0.3) is 0 Å². The Balaban J connectivity index is 2.37. The summed E-state index contributed by atoms with van der Waals surface area (Å²) >= 11 is 0. The fourth-order valence-electron chi connectivity index (χ4n) is 2.11. The van der Waals surface area contributed by atoms with Crippen molar-refractivity contribution < 1.29 is 9.53 Å². The first-order valence-corrected chi connectivity index (χ1v) is 6.05. The van der Waals surface area contributed by atoms with E-state index in [0.29, 0.717) is 6.61 Å². The molecule has 0 bridgehead atoms. The van der Waals surface area contributed by atoms with Crippen molar-refractivity contribution in [3.05, 3.63) is 0 Å². The summed E-state index contributed by atoms with van der Waals surface area (Å²) in [5, 5.41) is 0. The molecular weight excluding hydrogens is 190 g/mol. The Morgan fingerprint density at radius 1 is 1.47 bits per heavy atom. The number of carbonyl (C=O) groups is 1. The normalized spacial score (nSPS) is 18.7. The Bertz CT molecular complexity index is 202. The van der Waals surface area contributed by atoms with Crippen LogP contribution in [-0.4, -0.2) is 37.1 Å². The zero-order valence-corrected chi connectivity index (χ0v) is 10.2. The van der Waals surface area contributed by atoms with Gasteiger partial charge in [0.05, 0.1) is 6.61 Å². The molecule has 0 heterocycles. The number of ether oxygens (including phenoxy) is 1. The van der Waals surface area contributed by atoms with E-state index in [2.05, 4.69) is 4.90 Å². The Labute approximate surface area is 92.8 Å². The van der Waals surface area contributed by atoms with Gasteiger partial charge >= 0.3 is 5.97 Å². The maximum absolute atomic E-state index is 11.6. The lowest BCUT2D eigenvalue weighted by atomic mass is 9.85. The lowest BCUT2D eigenvalue weighted by molar-refractivity contribution is -0.149. The summed E-state index contributed by atoms with van der Waals surface area (Å²) in [4.78, 5) is 13.8. The van der Waals surface area contributed by atoms with Crippen LogP contribution < -0.4 is 0 Å². The van der Waals surface area contributed by atoms with Gasteiger partial charge in [-0.15, -0.1) is 0 Å². The highest BCUT2D eigenvalue weighted by Crippen LogP contribution is 2.27. The molecule has 1 rings (SSSR count). The number of likely N-dealkylation sites (N-methyl/N-ethyl adjacent to an activating group) is 1. The quantitative estimate of drug-likeness (QED) is 0.632. The van der Waals surface area contributed by atoms with Gasteiger partial charge in [0.2, 0.25) is 0 Å². The van der Waals surface area contributed by atoms with Crippen LogP contribution in [0, 0.1) is 5.92 Å². The van der Waals surface area contributed by atoms with Crippen LogP contribution in [0.5, 0.6) is 0 Å². The van der Waals surface area contributed by atoms with Crippen LogP contribution in [0.4, 0.5) is 0 Å². The van der Waals surface area contributed by atoms with Crippen LogP contribution in [-0.2, 0) is 9.53 Å². The largest absolute Gasteiger partial charge is 0.465 e. The molecule has 1 fully saturated rings. The predicted molar refractivity (Wildman–Crippen MR) is 60.7 cm³/mol. The second-order valence-corrected chi connectivity index (χ2v) is 4.41. The standard InChI is InChI=1S/C12H23NO2/c1-4-11(12(14)15-5-2)13(3)9-10-7-6-8-10/h10-11H,4-9H2,1-3H3. The molecule has 0 aromatic carbocycles. The number of esters is 1. The van der Waals surface area contributed by atoms with Crippen LogP contribution >= 0.6 is 0 Å². The predicted octanol–water partition coefficient (Wildman–Crippen LogP) is 2.06. The third-order valence-corrected chi connectivity index (χ3v) is 3.25. The van der Waals surface area contributed by atoms with Crippen LogP contribution in [0.2, 0.25) is 0 Å². The summed E-state index contributed by atoms with van der Waals surface area (Å²) in [7, 11) is 2.03. The SMILES string of the molecule is CCOC(=O)C(CC)N(C)CC1CCC1. The van der Waals surface area contributed by atoms with Crippen LogP contribution in [0.1, 0.15) is 39.5 Å². The smallest absolute Gasteiger partial charge is 0.323 e. The van der Waals surface area contributed by atoms with Crippen molar-refractivity contribution in [3.63, 3.8) is 0 Å². The van der Waals surface area contributed by atoms with Gasteiger partial charge in [0.15, 0.2) is 0 Å². The van der Waals surface area contributed by atoms with E-state index < -0.39 is 0 Å². The first kappa shape index (κ1) is 12.5. The van der Waals surface area contributed by atoms with E-state index in [9.17, 15) is 4.79 Å². The van der Waals surface area contributed by atoms with Gasteiger partial charge in [-0.3, -0.25) is 9.69 Å². The molecule has 15 heavy (non-hydrogen) atoms. The van der Waals surface area contributed by atoms with Gasteiger partial charge in [-0.25, -0.2) is 0 Å². The molecule has 1 saturated carbocycles. The summed E-state index contributed by atoms with van der Waals surface area (Å²) in [5.74, 6) is 0.736. The maximum Gasteiger partial charge on any atom is 0.323 e. The monoisotopic (exact) mass is 213 g/mol. The van der Waals surface area contributed by atoms with E-state index in [1.54, 1.807) is 0 Å². The summed E-state index contributed by atoms with van der Waals surface area (Å²) in [6, 6.07) is -0.0504. The van der Waals surface area contributed by atoms with Gasteiger partial charge in [0.25, 0.3) is 0 Å². The fourth-order valence-corrected chi connectivity index (χ4v) is 2.11. The number of carbonyl (C=O) groups excluding carboxylic acids is 1. The topological polar surface area (TPSA) is 29.5 Å². The lowest BCUT2D eigenvalue weighted by Gasteiger charge is -2.33. The van der Waals surface area contributed by atoms with Crippen molar-refractivity contribution in [2.24, 2.45) is 5.92 Å². The Hall–Kier alpha value is -0.570. The van der Waals surface area contributed by atoms with E-state index in [1.807, 2.05) is 20.9 Å². The molecule has 3 nitrogen and oxygen atoms in total. The van der Waals surface area contributed by atoms with E-state index in [4.69, 9.17) is 4.74 Å². The molecule has 1 unspecified atom stereocenters. The van der Waals surface area contributed by atoms with Gasteiger partial charge in [-0.1, -0.05) is 13.3 Å². The average Bonchev–Trinajstić information content (AvgIpc) is 2.13. The summed E-state index contributed by atoms with van der Waals surface area (Å²) in [6.45, 7) is 5.42. The van der Waals surface area contributed by atoms with Crippen molar-refractivity contribution >= 4 is 5.97 Å². The first-order valence-electron chi connectivity index (χ1n) is 6.05. The molecule has 88 valence electrons. The van der Waals surface area contributed by atoms with Gasteiger partial charge in [0.1, 0.15) is 6.04 Å². The van der Waals surface area contributed by atoms with Crippen LogP contribution in [0.15, 0.2) is 0 Å². The number of hydrogen-bond acceptors (Lipinski definition) is 3. The van der Waals surface area contributed by atoms with E-state index in [1.165, 1.54) is 19.3 Å². The molecule has 0 saturated heterocycles. The molecule has 0 aromatic heterocycles. The highest BCUT2D eigenvalue weighted by molar-refractivity contribution is 5.75. The molecule has 1 aliphatic rings. The highest BCUT2D eigenvalue weighted by atomic mass is 16.5. The van der Waals surface area contributed by atoms with Crippen molar-refractivity contribution in [2.75, 3.05) is 20.2 Å². The Morgan fingerprint density at radius 3 is 2.53 bits per heavy atom. The van der Waals surface area contributed by atoms with Crippen molar-refractivity contribution in [1.82, 2.24) is 4.90 Å². The Morgan fingerprint density at radius 2 is 2.13 bits per heavy atom. The molecule has 0 aliphatic heterocycles. The number of rotatable bonds is 6. The number of nitrogens with zero attached hydrogens (tertiary/aromatic N) is 1. The third-order valence-electron chi connectivity index (χ3n) is 3.25. The van der Waals surface area contributed by atoms with Crippen molar-refractivity contribution in [1.29, 1.82) is 0 Å². The van der Waals surface area contributed by atoms with Gasteiger partial charge in [-0.2, -0.15) is 0 Å². The molecule has 1 atom stereocenters. The molecule has 0 amide bonds. The van der Waals surface area contributed by atoms with Crippen molar-refractivity contribution in [2.45, 2.75) is 45.6 Å². The minimum atomic E-state index is -0.0678. The molecule has 0 spiro atoms. The minimum Gasteiger partial charge on any atom is -0.465 e.